The van der Waals surface area contributed by atoms with E-state index in [1.807, 2.05) is 25.5 Å². The van der Waals surface area contributed by atoms with E-state index < -0.39 is 0 Å². The Morgan fingerprint density at radius 2 is 1.92 bits per heavy atom. The van der Waals surface area contributed by atoms with E-state index in [1.165, 1.54) is 0 Å². The molecule has 0 bridgehead atoms. The Hall–Kier alpha value is -0.500. The van der Waals surface area contributed by atoms with Gasteiger partial charge >= 0.3 is 0 Å². The molecule has 1 rings (SSSR count). The Balaban J connectivity index is 0.000000561. The summed E-state index contributed by atoms with van der Waals surface area (Å²) in [4.78, 5) is 0. The first-order valence-electron chi connectivity index (χ1n) is 4.32. The zero-order valence-electron chi connectivity index (χ0n) is 8.43. The molecule has 0 aliphatic rings. The van der Waals surface area contributed by atoms with Crippen molar-refractivity contribution in [1.82, 2.24) is 9.78 Å². The van der Waals surface area contributed by atoms with Gasteiger partial charge in [-0.2, -0.15) is 5.10 Å². The quantitative estimate of drug-likeness (QED) is 0.660. The van der Waals surface area contributed by atoms with Crippen LogP contribution in [0.4, 0.5) is 0 Å². The van der Waals surface area contributed by atoms with Gasteiger partial charge in [0.05, 0.1) is 16.9 Å². The Labute approximate surface area is 79.5 Å². The van der Waals surface area contributed by atoms with Crippen LogP contribution in [0.5, 0.6) is 0 Å². The Bertz CT molecular complexity index is 228. The van der Waals surface area contributed by atoms with Crippen molar-refractivity contribution in [1.29, 1.82) is 0 Å². The van der Waals surface area contributed by atoms with Crippen molar-refractivity contribution in [3.8, 4) is 0 Å². The average molecular weight is 189 g/mol. The zero-order chi connectivity index (χ0) is 9.72. The molecule has 1 aromatic heterocycles. The Kier molecular flexibility index (Phi) is 4.98. The van der Waals surface area contributed by atoms with Gasteiger partial charge in [0.1, 0.15) is 0 Å². The third kappa shape index (κ3) is 2.52. The summed E-state index contributed by atoms with van der Waals surface area (Å²) in [7, 11) is 0. The summed E-state index contributed by atoms with van der Waals surface area (Å²) in [6.07, 6.45) is 1.68. The van der Waals surface area contributed by atoms with E-state index in [-0.39, 0.29) is 0 Å². The highest BCUT2D eigenvalue weighted by Gasteiger charge is 2.05. The average Bonchev–Trinajstić information content (AvgIpc) is 2.37. The molecular weight excluding hydrogens is 172 g/mol. The van der Waals surface area contributed by atoms with Crippen LogP contribution in [0.3, 0.4) is 0 Å². The molecule has 0 amide bonds. The minimum Gasteiger partial charge on any atom is -0.266 e. The molecule has 0 atom stereocenters. The predicted molar refractivity (Wildman–Crippen MR) is 53.7 cm³/mol. The summed E-state index contributed by atoms with van der Waals surface area (Å²) in [5.41, 5.74) is 1.04. The van der Waals surface area contributed by atoms with Crippen molar-refractivity contribution in [2.24, 2.45) is 0 Å². The fourth-order valence-electron chi connectivity index (χ4n) is 0.923. The van der Waals surface area contributed by atoms with Gasteiger partial charge in [0.15, 0.2) is 0 Å². The lowest BCUT2D eigenvalue weighted by Crippen LogP contribution is -2.04. The highest BCUT2D eigenvalue weighted by atomic mass is 35.5. The van der Waals surface area contributed by atoms with Gasteiger partial charge in [0, 0.05) is 6.04 Å². The minimum atomic E-state index is 0.396. The molecule has 0 aliphatic heterocycles. The van der Waals surface area contributed by atoms with Crippen molar-refractivity contribution in [2.45, 2.75) is 40.7 Å². The maximum Gasteiger partial charge on any atom is 0.0815 e. The molecule has 0 aliphatic carbocycles. The summed E-state index contributed by atoms with van der Waals surface area (Å²) < 4.78 is 1.91. The van der Waals surface area contributed by atoms with Crippen LogP contribution in [0.2, 0.25) is 5.02 Å². The first kappa shape index (κ1) is 11.5. The van der Waals surface area contributed by atoms with Gasteiger partial charge in [-0.3, -0.25) is 4.68 Å². The van der Waals surface area contributed by atoms with Crippen LogP contribution in [-0.2, 0) is 0 Å². The zero-order valence-corrected chi connectivity index (χ0v) is 9.18. The lowest BCUT2D eigenvalue weighted by molar-refractivity contribution is 0.519. The third-order valence-electron chi connectivity index (χ3n) is 1.47. The fraction of sp³-hybridized carbons (Fsp3) is 0.667. The molecule has 3 heteroatoms. The molecule has 70 valence electrons. The van der Waals surface area contributed by atoms with Crippen LogP contribution in [0, 0.1) is 6.92 Å². The van der Waals surface area contributed by atoms with Crippen molar-refractivity contribution in [3.63, 3.8) is 0 Å². The first-order valence-corrected chi connectivity index (χ1v) is 4.70. The van der Waals surface area contributed by atoms with Crippen molar-refractivity contribution in [3.05, 3.63) is 16.9 Å². The molecule has 0 saturated carbocycles. The Morgan fingerprint density at radius 3 is 2.08 bits per heavy atom. The smallest absolute Gasteiger partial charge is 0.0815 e. The molecule has 0 spiro atoms. The second-order valence-electron chi connectivity index (χ2n) is 2.62. The molecule has 1 aromatic rings. The summed E-state index contributed by atoms with van der Waals surface area (Å²) >= 11 is 5.79. The number of halogens is 1. The number of nitrogens with zero attached hydrogens (tertiary/aromatic N) is 2. The second-order valence-corrected chi connectivity index (χ2v) is 3.02. The van der Waals surface area contributed by atoms with E-state index in [1.54, 1.807) is 6.20 Å². The van der Waals surface area contributed by atoms with Crippen LogP contribution >= 0.6 is 11.6 Å². The van der Waals surface area contributed by atoms with E-state index in [2.05, 4.69) is 18.9 Å². The molecule has 0 aromatic carbocycles. The van der Waals surface area contributed by atoms with Gasteiger partial charge in [-0.15, -0.1) is 0 Å². The first-order chi connectivity index (χ1) is 5.63. The van der Waals surface area contributed by atoms with E-state index in [4.69, 9.17) is 11.6 Å². The minimum absolute atomic E-state index is 0.396. The fourth-order valence-corrected chi connectivity index (χ4v) is 1.05. The lowest BCUT2D eigenvalue weighted by Gasteiger charge is -2.06. The van der Waals surface area contributed by atoms with E-state index in [0.29, 0.717) is 6.04 Å². The van der Waals surface area contributed by atoms with Crippen LogP contribution in [0.25, 0.3) is 0 Å². The number of hydrogen-bond donors (Lipinski definition) is 0. The van der Waals surface area contributed by atoms with Gasteiger partial charge < -0.3 is 0 Å². The number of aromatic nitrogens is 2. The lowest BCUT2D eigenvalue weighted by atomic mass is 10.4. The standard InChI is InChI=1S/C7H11ClN2.C2H6/c1-5(2)10-6(3)7(8)4-9-10;1-2/h4-5H,1-3H3;1-2H3. The van der Waals surface area contributed by atoms with Gasteiger partial charge in [-0.25, -0.2) is 0 Å². The predicted octanol–water partition coefficient (Wildman–Crippen LogP) is 3.45. The van der Waals surface area contributed by atoms with Crippen LogP contribution < -0.4 is 0 Å². The van der Waals surface area contributed by atoms with Crippen LogP contribution in [0.15, 0.2) is 6.20 Å². The summed E-state index contributed by atoms with van der Waals surface area (Å²) in [5, 5.41) is 4.84. The van der Waals surface area contributed by atoms with Gasteiger partial charge in [-0.1, -0.05) is 25.4 Å². The van der Waals surface area contributed by atoms with Crippen molar-refractivity contribution >= 4 is 11.6 Å². The third-order valence-corrected chi connectivity index (χ3v) is 1.84. The SMILES string of the molecule is CC.Cc1c(Cl)cnn1C(C)C. The van der Waals surface area contributed by atoms with Gasteiger partial charge in [0.25, 0.3) is 0 Å². The highest BCUT2D eigenvalue weighted by Crippen LogP contribution is 2.16. The molecule has 2 nitrogen and oxygen atoms in total. The topological polar surface area (TPSA) is 17.8 Å². The summed E-state index contributed by atoms with van der Waals surface area (Å²) in [6.45, 7) is 10.1. The van der Waals surface area contributed by atoms with E-state index >= 15 is 0 Å². The van der Waals surface area contributed by atoms with Crippen LogP contribution in [-0.4, -0.2) is 9.78 Å². The highest BCUT2D eigenvalue weighted by molar-refractivity contribution is 6.31. The van der Waals surface area contributed by atoms with Gasteiger partial charge in [-0.05, 0) is 20.8 Å². The molecule has 0 N–H and O–H groups in total. The number of hydrogen-bond acceptors (Lipinski definition) is 1. The molecule has 0 unspecified atom stereocenters. The monoisotopic (exact) mass is 188 g/mol. The molecule has 12 heavy (non-hydrogen) atoms. The van der Waals surface area contributed by atoms with E-state index in [9.17, 15) is 0 Å². The summed E-state index contributed by atoms with van der Waals surface area (Å²) in [5.74, 6) is 0. The van der Waals surface area contributed by atoms with Crippen molar-refractivity contribution < 1.29 is 0 Å². The maximum absolute atomic E-state index is 5.79. The molecule has 0 fully saturated rings. The normalized spacial score (nSPS) is 9.58. The Morgan fingerprint density at radius 1 is 1.42 bits per heavy atom. The molecule has 1 heterocycles. The number of rotatable bonds is 1. The molecule has 0 saturated heterocycles. The van der Waals surface area contributed by atoms with Crippen molar-refractivity contribution in [2.75, 3.05) is 0 Å². The van der Waals surface area contributed by atoms with E-state index in [0.717, 1.165) is 10.7 Å². The second kappa shape index (κ2) is 5.20. The molecule has 0 radical (unpaired) electrons. The summed E-state index contributed by atoms with van der Waals surface area (Å²) in [6, 6.07) is 0.396. The maximum atomic E-state index is 5.79. The van der Waals surface area contributed by atoms with Crippen LogP contribution in [0.1, 0.15) is 39.4 Å². The van der Waals surface area contributed by atoms with Gasteiger partial charge in [0.2, 0.25) is 0 Å². The molecular formula is C9H17ClN2. The largest absolute Gasteiger partial charge is 0.266 e.